The Morgan fingerprint density at radius 2 is 1.58 bits per heavy atom. The lowest BCUT2D eigenvalue weighted by Crippen LogP contribution is -2.21. The average Bonchev–Trinajstić information content (AvgIpc) is 1.94. The molecule has 12 heavy (non-hydrogen) atoms. The van der Waals surface area contributed by atoms with Crippen molar-refractivity contribution >= 4 is 0 Å². The van der Waals surface area contributed by atoms with Crippen molar-refractivity contribution in [3.63, 3.8) is 0 Å². The minimum Gasteiger partial charge on any atom is -0.230 e. The zero-order valence-corrected chi connectivity index (χ0v) is 6.96. The highest BCUT2D eigenvalue weighted by atomic mass is 19.3. The molecule has 0 radical (unpaired) electrons. The van der Waals surface area contributed by atoms with Crippen molar-refractivity contribution < 1.29 is 13.2 Å². The highest BCUT2D eigenvalue weighted by molar-refractivity contribution is 5.18. The van der Waals surface area contributed by atoms with E-state index in [1.165, 1.54) is 6.92 Å². The number of rotatable bonds is 0. The summed E-state index contributed by atoms with van der Waals surface area (Å²) in [7, 11) is 0. The first-order valence-electron chi connectivity index (χ1n) is 4.02. The van der Waals surface area contributed by atoms with Gasteiger partial charge in [0, 0.05) is 6.42 Å². The van der Waals surface area contributed by atoms with Crippen LogP contribution < -0.4 is 0 Å². The van der Waals surface area contributed by atoms with Crippen LogP contribution in [0.25, 0.3) is 0 Å². The van der Waals surface area contributed by atoms with Crippen LogP contribution in [0, 0.1) is 11.8 Å². The maximum Gasteiger partial charge on any atom is 0.308 e. The molecule has 1 unspecified atom stereocenters. The van der Waals surface area contributed by atoms with E-state index in [0.29, 0.717) is 12.8 Å². The van der Waals surface area contributed by atoms with Crippen LogP contribution in [0.4, 0.5) is 13.2 Å². The summed E-state index contributed by atoms with van der Waals surface area (Å²) in [6.45, 7) is 1.25. The van der Waals surface area contributed by atoms with E-state index in [1.807, 2.05) is 5.92 Å². The lowest BCUT2D eigenvalue weighted by molar-refractivity contribution is 0.0495. The quantitative estimate of drug-likeness (QED) is 0.498. The van der Waals surface area contributed by atoms with Crippen LogP contribution in [-0.2, 0) is 0 Å². The van der Waals surface area contributed by atoms with Gasteiger partial charge in [-0.1, -0.05) is 5.92 Å². The van der Waals surface area contributed by atoms with Crippen LogP contribution >= 0.6 is 0 Å². The molecule has 0 amide bonds. The lowest BCUT2D eigenvalue weighted by atomic mass is 9.96. The zero-order valence-electron chi connectivity index (χ0n) is 6.96. The van der Waals surface area contributed by atoms with Crippen molar-refractivity contribution in [2.24, 2.45) is 0 Å². The molecule has 0 aliphatic heterocycles. The van der Waals surface area contributed by atoms with Gasteiger partial charge < -0.3 is 0 Å². The van der Waals surface area contributed by atoms with Gasteiger partial charge in [0.15, 0.2) is 5.67 Å². The second kappa shape index (κ2) is 3.01. The molecule has 1 atom stereocenters. The van der Waals surface area contributed by atoms with E-state index in [1.54, 1.807) is 5.92 Å². The molecule has 0 spiro atoms. The number of alkyl halides is 3. The molecule has 0 saturated carbocycles. The van der Waals surface area contributed by atoms with Crippen molar-refractivity contribution in [2.75, 3.05) is 0 Å². The van der Waals surface area contributed by atoms with E-state index < -0.39 is 11.6 Å². The zero-order chi connectivity index (χ0) is 9.24. The first-order valence-corrected chi connectivity index (χ1v) is 4.02. The molecule has 0 saturated heterocycles. The average molecular weight is 176 g/mol. The van der Waals surface area contributed by atoms with E-state index in [2.05, 4.69) is 0 Å². The maximum atomic E-state index is 13.1. The predicted octanol–water partition coefficient (Wildman–Crippen LogP) is 2.93. The summed E-state index contributed by atoms with van der Waals surface area (Å²) in [5, 5.41) is 0. The Hall–Kier alpha value is -0.650. The van der Waals surface area contributed by atoms with Crippen molar-refractivity contribution in [1.82, 2.24) is 0 Å². The minimum absolute atomic E-state index is 0.240. The Morgan fingerprint density at radius 3 is 2.25 bits per heavy atom. The Balaban J connectivity index is 2.80. The van der Waals surface area contributed by atoms with Gasteiger partial charge in [0.1, 0.15) is 0 Å². The molecular weight excluding hydrogens is 165 g/mol. The first-order chi connectivity index (χ1) is 5.41. The molecule has 1 aliphatic carbocycles. The van der Waals surface area contributed by atoms with E-state index in [0.717, 1.165) is 0 Å². The highest BCUT2D eigenvalue weighted by Gasteiger charge is 2.30. The van der Waals surface area contributed by atoms with Crippen LogP contribution in [-0.4, -0.2) is 11.6 Å². The summed E-state index contributed by atoms with van der Waals surface area (Å²) in [6.07, 6.45) is 0.852. The fourth-order valence-corrected chi connectivity index (χ4v) is 1.15. The normalized spacial score (nSPS) is 34.3. The summed E-state index contributed by atoms with van der Waals surface area (Å²) < 4.78 is 38.4. The van der Waals surface area contributed by atoms with Gasteiger partial charge in [-0.3, -0.25) is 0 Å². The predicted molar refractivity (Wildman–Crippen MR) is 40.7 cm³/mol. The topological polar surface area (TPSA) is 0 Å². The van der Waals surface area contributed by atoms with Gasteiger partial charge in [-0.05, 0) is 32.1 Å². The minimum atomic E-state index is -2.99. The molecule has 0 aromatic carbocycles. The Morgan fingerprint density at radius 1 is 1.00 bits per heavy atom. The molecule has 0 heterocycles. The Bertz CT molecular complexity index is 198. The van der Waals surface area contributed by atoms with Gasteiger partial charge in [0.2, 0.25) is 0 Å². The lowest BCUT2D eigenvalue weighted by Gasteiger charge is -2.17. The van der Waals surface area contributed by atoms with E-state index in [-0.39, 0.29) is 12.8 Å². The van der Waals surface area contributed by atoms with Crippen LogP contribution in [0.1, 0.15) is 32.6 Å². The van der Waals surface area contributed by atoms with Crippen molar-refractivity contribution in [1.29, 1.82) is 0 Å². The molecule has 1 rings (SSSR count). The maximum absolute atomic E-state index is 13.1. The monoisotopic (exact) mass is 176 g/mol. The van der Waals surface area contributed by atoms with Crippen LogP contribution in [0.3, 0.4) is 0 Å². The van der Waals surface area contributed by atoms with E-state index >= 15 is 0 Å². The van der Waals surface area contributed by atoms with E-state index in [4.69, 9.17) is 0 Å². The molecule has 0 nitrogen and oxygen atoms in total. The van der Waals surface area contributed by atoms with Crippen LogP contribution in [0.15, 0.2) is 0 Å². The van der Waals surface area contributed by atoms with Gasteiger partial charge in [-0.25, -0.2) is 4.39 Å². The summed E-state index contributed by atoms with van der Waals surface area (Å²) in [6, 6.07) is 0. The van der Waals surface area contributed by atoms with Gasteiger partial charge in [-0.2, -0.15) is 8.78 Å². The summed E-state index contributed by atoms with van der Waals surface area (Å²) in [4.78, 5) is 0. The molecule has 0 aromatic heterocycles. The van der Waals surface area contributed by atoms with Crippen molar-refractivity contribution in [3.05, 3.63) is 0 Å². The van der Waals surface area contributed by atoms with Gasteiger partial charge in [0.25, 0.3) is 0 Å². The first kappa shape index (κ1) is 9.44. The largest absolute Gasteiger partial charge is 0.308 e. The Kier molecular flexibility index (Phi) is 2.36. The van der Waals surface area contributed by atoms with Gasteiger partial charge >= 0.3 is 5.92 Å². The fraction of sp³-hybridized carbons (Fsp3) is 0.778. The van der Waals surface area contributed by atoms with E-state index in [9.17, 15) is 13.2 Å². The summed E-state index contributed by atoms with van der Waals surface area (Å²) >= 11 is 0. The number of hydrogen-bond acceptors (Lipinski definition) is 0. The van der Waals surface area contributed by atoms with Crippen molar-refractivity contribution in [2.45, 2.75) is 44.2 Å². The van der Waals surface area contributed by atoms with Crippen LogP contribution in [0.2, 0.25) is 0 Å². The standard InChI is InChI=1S/C9H11F3/c1-8(10)4-2-3-5-9(11,12)7-6-8/h2-5H2,1H3. The second-order valence-electron chi connectivity index (χ2n) is 3.36. The van der Waals surface area contributed by atoms with Crippen molar-refractivity contribution in [3.8, 4) is 11.8 Å². The molecular formula is C9H11F3. The fourth-order valence-electron chi connectivity index (χ4n) is 1.15. The molecule has 0 fully saturated rings. The Labute approximate surface area is 70.1 Å². The summed E-state index contributed by atoms with van der Waals surface area (Å²) in [5.41, 5.74) is -1.73. The second-order valence-corrected chi connectivity index (χ2v) is 3.36. The third-order valence-corrected chi connectivity index (χ3v) is 1.89. The molecule has 0 aromatic rings. The van der Waals surface area contributed by atoms with Crippen LogP contribution in [0.5, 0.6) is 0 Å². The smallest absolute Gasteiger partial charge is 0.230 e. The number of hydrogen-bond donors (Lipinski definition) is 0. The third kappa shape index (κ3) is 2.77. The third-order valence-electron chi connectivity index (χ3n) is 1.89. The SMILES string of the molecule is CC1(F)C#CC(F)(F)CCCC1. The summed E-state index contributed by atoms with van der Waals surface area (Å²) in [5.74, 6) is 0.685. The molecule has 0 bridgehead atoms. The molecule has 0 N–H and O–H groups in total. The van der Waals surface area contributed by atoms with Gasteiger partial charge in [-0.15, -0.1) is 0 Å². The number of halogens is 3. The molecule has 3 heteroatoms. The highest BCUT2D eigenvalue weighted by Crippen LogP contribution is 2.27. The molecule has 1 aliphatic rings. The molecule has 68 valence electrons. The van der Waals surface area contributed by atoms with Gasteiger partial charge in [0.05, 0.1) is 0 Å².